The normalized spacial score (nSPS) is 20.6. The second-order valence-corrected chi connectivity index (χ2v) is 8.14. The number of fused-ring (bicyclic) bond motifs is 1. The van der Waals surface area contributed by atoms with Gasteiger partial charge in [0.25, 0.3) is 0 Å². The van der Waals surface area contributed by atoms with Crippen molar-refractivity contribution in [3.63, 3.8) is 0 Å². The van der Waals surface area contributed by atoms with E-state index in [-0.39, 0.29) is 0 Å². The molecule has 25 heavy (non-hydrogen) atoms. The summed E-state index contributed by atoms with van der Waals surface area (Å²) in [5.41, 5.74) is 4.38. The number of thiol groups is 1. The maximum atomic E-state index is 4.58. The smallest absolute Gasteiger partial charge is 0.201 e. The molecule has 3 heterocycles. The van der Waals surface area contributed by atoms with Crippen LogP contribution in [-0.4, -0.2) is 65.4 Å². The summed E-state index contributed by atoms with van der Waals surface area (Å²) < 4.78 is 1.26. The Labute approximate surface area is 158 Å². The molecule has 2 aromatic rings. The number of nitrogens with zero attached hydrogens (tertiary/aromatic N) is 5. The number of guanidine groups is 1. The van der Waals surface area contributed by atoms with E-state index in [2.05, 4.69) is 69.5 Å². The van der Waals surface area contributed by atoms with Crippen LogP contribution in [0.4, 0.5) is 0 Å². The van der Waals surface area contributed by atoms with E-state index >= 15 is 0 Å². The number of thiazole rings is 1. The minimum Gasteiger partial charge on any atom is -0.341 e. The van der Waals surface area contributed by atoms with Crippen LogP contribution in [0.1, 0.15) is 18.5 Å². The van der Waals surface area contributed by atoms with E-state index in [1.807, 2.05) is 11.7 Å². The zero-order valence-electron chi connectivity index (χ0n) is 14.6. The van der Waals surface area contributed by atoms with Gasteiger partial charge in [-0.25, -0.2) is 9.98 Å². The highest BCUT2D eigenvalue weighted by atomic mass is 32.1. The van der Waals surface area contributed by atoms with Crippen molar-refractivity contribution in [2.45, 2.75) is 13.0 Å². The first-order chi connectivity index (χ1) is 12.1. The molecule has 2 aliphatic rings. The SMILES string of the molecule is CC(c1ccc2scnc2c1)N1CCN(C2=NC=C(S)CN2C)CC1. The number of hydrogen-bond acceptors (Lipinski definition) is 7. The third-order valence-corrected chi connectivity index (χ3v) is 6.12. The molecule has 0 saturated carbocycles. The fourth-order valence-electron chi connectivity index (χ4n) is 3.56. The van der Waals surface area contributed by atoms with E-state index in [4.69, 9.17) is 0 Å². The minimum atomic E-state index is 0.406. The first kappa shape index (κ1) is 16.9. The van der Waals surface area contributed by atoms with E-state index in [0.717, 1.165) is 49.1 Å². The van der Waals surface area contributed by atoms with Gasteiger partial charge >= 0.3 is 0 Å². The summed E-state index contributed by atoms with van der Waals surface area (Å²) in [6.45, 7) is 7.22. The van der Waals surface area contributed by atoms with Gasteiger partial charge in [-0.2, -0.15) is 0 Å². The monoisotopic (exact) mass is 373 g/mol. The van der Waals surface area contributed by atoms with Crippen molar-refractivity contribution < 1.29 is 0 Å². The number of aliphatic imine (C=N–C) groups is 1. The lowest BCUT2D eigenvalue weighted by atomic mass is 10.1. The molecule has 0 radical (unpaired) electrons. The molecule has 2 aliphatic heterocycles. The largest absolute Gasteiger partial charge is 0.341 e. The third kappa shape index (κ3) is 3.41. The Hall–Kier alpha value is -1.57. The lowest BCUT2D eigenvalue weighted by Gasteiger charge is -2.41. The van der Waals surface area contributed by atoms with Crippen LogP contribution in [0.15, 0.2) is 39.8 Å². The number of rotatable bonds is 2. The van der Waals surface area contributed by atoms with Gasteiger partial charge in [0.1, 0.15) is 0 Å². The number of hydrogen-bond donors (Lipinski definition) is 1. The Morgan fingerprint density at radius 1 is 1.20 bits per heavy atom. The fraction of sp³-hybridized carbons (Fsp3) is 0.444. The Morgan fingerprint density at radius 3 is 2.76 bits per heavy atom. The van der Waals surface area contributed by atoms with Crippen LogP contribution >= 0.6 is 24.0 Å². The van der Waals surface area contributed by atoms with Crippen molar-refractivity contribution in [1.82, 2.24) is 19.7 Å². The van der Waals surface area contributed by atoms with Crippen LogP contribution in [0, 0.1) is 0 Å². The summed E-state index contributed by atoms with van der Waals surface area (Å²) in [4.78, 5) is 17.1. The molecule has 1 fully saturated rings. The number of aromatic nitrogens is 1. The molecule has 0 N–H and O–H groups in total. The molecule has 1 aromatic heterocycles. The fourth-order valence-corrected chi connectivity index (χ4v) is 4.49. The van der Waals surface area contributed by atoms with Crippen LogP contribution in [0.25, 0.3) is 10.2 Å². The average Bonchev–Trinajstić information content (AvgIpc) is 3.09. The quantitative estimate of drug-likeness (QED) is 0.821. The summed E-state index contributed by atoms with van der Waals surface area (Å²) in [7, 11) is 2.08. The van der Waals surface area contributed by atoms with Crippen LogP contribution in [0.5, 0.6) is 0 Å². The van der Waals surface area contributed by atoms with Gasteiger partial charge in [0, 0.05) is 50.4 Å². The van der Waals surface area contributed by atoms with Crippen molar-refractivity contribution in [2.24, 2.45) is 4.99 Å². The topological polar surface area (TPSA) is 35.0 Å². The van der Waals surface area contributed by atoms with Gasteiger partial charge in [-0.1, -0.05) is 6.07 Å². The van der Waals surface area contributed by atoms with E-state index in [1.165, 1.54) is 10.3 Å². The van der Waals surface area contributed by atoms with Gasteiger partial charge in [0.15, 0.2) is 0 Å². The highest BCUT2D eigenvalue weighted by Gasteiger charge is 2.26. The molecule has 0 aliphatic carbocycles. The predicted octanol–water partition coefficient (Wildman–Crippen LogP) is 3.05. The second-order valence-electron chi connectivity index (χ2n) is 6.68. The first-order valence-electron chi connectivity index (χ1n) is 8.61. The molecule has 0 bridgehead atoms. The lowest BCUT2D eigenvalue weighted by Crippen LogP contribution is -2.53. The Kier molecular flexibility index (Phi) is 4.71. The molecule has 1 saturated heterocycles. The molecule has 132 valence electrons. The van der Waals surface area contributed by atoms with E-state index in [0.29, 0.717) is 6.04 Å². The van der Waals surface area contributed by atoms with Gasteiger partial charge in [0.05, 0.1) is 22.3 Å². The summed E-state index contributed by atoms with van der Waals surface area (Å²) in [6.07, 6.45) is 1.87. The molecule has 4 rings (SSSR count). The minimum absolute atomic E-state index is 0.406. The summed E-state index contributed by atoms with van der Waals surface area (Å²) >= 11 is 6.11. The molecule has 0 amide bonds. The van der Waals surface area contributed by atoms with E-state index < -0.39 is 0 Å². The third-order valence-electron chi connectivity index (χ3n) is 5.05. The van der Waals surface area contributed by atoms with Gasteiger partial charge in [0.2, 0.25) is 5.96 Å². The second kappa shape index (κ2) is 6.97. The predicted molar refractivity (Wildman–Crippen MR) is 108 cm³/mol. The highest BCUT2D eigenvalue weighted by molar-refractivity contribution is 7.84. The summed E-state index contributed by atoms with van der Waals surface area (Å²) in [6, 6.07) is 7.08. The number of benzene rings is 1. The van der Waals surface area contributed by atoms with Crippen molar-refractivity contribution in [1.29, 1.82) is 0 Å². The van der Waals surface area contributed by atoms with Crippen LogP contribution in [0.2, 0.25) is 0 Å². The molecule has 7 heteroatoms. The number of likely N-dealkylation sites (N-methyl/N-ethyl adjacent to an activating group) is 1. The molecular weight excluding hydrogens is 350 g/mol. The van der Waals surface area contributed by atoms with Gasteiger partial charge in [-0.3, -0.25) is 4.90 Å². The Morgan fingerprint density at radius 2 is 2.00 bits per heavy atom. The lowest BCUT2D eigenvalue weighted by molar-refractivity contribution is 0.133. The number of piperazine rings is 1. The van der Waals surface area contributed by atoms with Crippen molar-refractivity contribution in [2.75, 3.05) is 39.8 Å². The molecule has 5 nitrogen and oxygen atoms in total. The summed E-state index contributed by atoms with van der Waals surface area (Å²) in [5.74, 6) is 1.06. The van der Waals surface area contributed by atoms with Crippen LogP contribution < -0.4 is 0 Å². The highest BCUT2D eigenvalue weighted by Crippen LogP contribution is 2.26. The van der Waals surface area contributed by atoms with Crippen molar-refractivity contribution in [3.05, 3.63) is 40.4 Å². The average molecular weight is 374 g/mol. The van der Waals surface area contributed by atoms with Gasteiger partial charge in [-0.15, -0.1) is 24.0 Å². The molecule has 1 aromatic carbocycles. The van der Waals surface area contributed by atoms with Crippen molar-refractivity contribution >= 4 is 40.1 Å². The Balaban J connectivity index is 1.42. The maximum absolute atomic E-state index is 4.58. The maximum Gasteiger partial charge on any atom is 0.201 e. The first-order valence-corrected chi connectivity index (χ1v) is 9.93. The van der Waals surface area contributed by atoms with Crippen LogP contribution in [0.3, 0.4) is 0 Å². The van der Waals surface area contributed by atoms with Crippen LogP contribution in [-0.2, 0) is 0 Å². The Bertz CT molecular complexity index is 820. The van der Waals surface area contributed by atoms with E-state index in [9.17, 15) is 0 Å². The van der Waals surface area contributed by atoms with Gasteiger partial charge < -0.3 is 9.80 Å². The van der Waals surface area contributed by atoms with Gasteiger partial charge in [-0.05, 0) is 24.6 Å². The zero-order chi connectivity index (χ0) is 17.4. The zero-order valence-corrected chi connectivity index (χ0v) is 16.3. The standard InChI is InChI=1S/C18H23N5S2/c1-13(14-3-4-17-16(9-14)20-12-25-17)22-5-7-23(8-6-22)18-19-10-15(24)11-21(18)2/h3-4,9-10,12-13,24H,5-8,11H2,1-2H3. The summed E-state index contributed by atoms with van der Waals surface area (Å²) in [5, 5.41) is 0. The molecule has 1 unspecified atom stereocenters. The van der Waals surface area contributed by atoms with Crippen molar-refractivity contribution in [3.8, 4) is 0 Å². The van der Waals surface area contributed by atoms with E-state index in [1.54, 1.807) is 11.3 Å². The molecule has 0 spiro atoms. The molecule has 1 atom stereocenters. The molecular formula is C18H23N5S2.